The molecular formula is C18H15Cl3N4O. The Hall–Kier alpha value is -2.21. The molecule has 0 aliphatic heterocycles. The average Bonchev–Trinajstić information content (AvgIpc) is 2.95. The Bertz CT molecular complexity index is 961. The van der Waals surface area contributed by atoms with E-state index < -0.39 is 0 Å². The number of para-hydroxylation sites is 1. The zero-order valence-electron chi connectivity index (χ0n) is 14.0. The Morgan fingerprint density at radius 2 is 1.73 bits per heavy atom. The third kappa shape index (κ3) is 3.65. The summed E-state index contributed by atoms with van der Waals surface area (Å²) < 4.78 is 1.73. The van der Waals surface area contributed by atoms with Crippen molar-refractivity contribution in [1.29, 1.82) is 0 Å². The lowest BCUT2D eigenvalue weighted by Gasteiger charge is -2.12. The largest absolute Gasteiger partial charge is 0.295 e. The van der Waals surface area contributed by atoms with E-state index in [1.54, 1.807) is 4.68 Å². The van der Waals surface area contributed by atoms with Gasteiger partial charge in [-0.3, -0.25) is 15.6 Å². The summed E-state index contributed by atoms with van der Waals surface area (Å²) in [7, 11) is 0. The van der Waals surface area contributed by atoms with Crippen LogP contribution in [-0.4, -0.2) is 15.7 Å². The Balaban J connectivity index is 1.81. The molecule has 2 aromatic carbocycles. The van der Waals surface area contributed by atoms with Crippen LogP contribution >= 0.6 is 34.8 Å². The molecule has 0 radical (unpaired) electrons. The second-order valence-corrected chi connectivity index (χ2v) is 6.92. The summed E-state index contributed by atoms with van der Waals surface area (Å²) in [6.07, 6.45) is 1.52. The minimum atomic E-state index is -0.357. The molecule has 0 bridgehead atoms. The lowest BCUT2D eigenvalue weighted by Crippen LogP contribution is -2.30. The molecule has 2 N–H and O–H groups in total. The molecule has 0 spiro atoms. The van der Waals surface area contributed by atoms with Crippen molar-refractivity contribution in [3.8, 4) is 5.69 Å². The normalized spacial score (nSPS) is 10.7. The van der Waals surface area contributed by atoms with E-state index in [9.17, 15) is 4.79 Å². The molecule has 0 aliphatic carbocycles. The van der Waals surface area contributed by atoms with Crippen molar-refractivity contribution in [2.75, 3.05) is 5.43 Å². The van der Waals surface area contributed by atoms with Crippen LogP contribution in [0.25, 0.3) is 5.69 Å². The van der Waals surface area contributed by atoms with E-state index in [0.29, 0.717) is 32.0 Å². The van der Waals surface area contributed by atoms with Gasteiger partial charge < -0.3 is 0 Å². The van der Waals surface area contributed by atoms with Gasteiger partial charge in [-0.05, 0) is 37.6 Å². The number of nitrogens with one attached hydrogen (secondary N) is 2. The summed E-state index contributed by atoms with van der Waals surface area (Å²) in [6, 6.07) is 10.9. The molecule has 3 rings (SSSR count). The number of rotatable bonds is 4. The molecule has 3 aromatic rings. The Morgan fingerprint density at radius 3 is 2.38 bits per heavy atom. The standard InChI is InChI=1S/C18H15Cl3N4O/c1-10-5-3-4-6-16(10)25-11(2)13(9-22-25)18(26)24-23-17-14(20)7-12(19)8-15(17)21/h3-9,23H,1-2H3,(H,24,26). The number of nitrogens with zero attached hydrogens (tertiary/aromatic N) is 2. The lowest BCUT2D eigenvalue weighted by atomic mass is 10.2. The van der Waals surface area contributed by atoms with Crippen LogP contribution < -0.4 is 10.9 Å². The van der Waals surface area contributed by atoms with E-state index in [4.69, 9.17) is 34.8 Å². The van der Waals surface area contributed by atoms with Crippen LogP contribution in [0.2, 0.25) is 15.1 Å². The molecule has 26 heavy (non-hydrogen) atoms. The van der Waals surface area contributed by atoms with Gasteiger partial charge in [0.1, 0.15) is 0 Å². The molecule has 1 amide bonds. The summed E-state index contributed by atoms with van der Waals surface area (Å²) in [5.41, 5.74) is 8.81. The number of hydrogen-bond donors (Lipinski definition) is 2. The fourth-order valence-electron chi connectivity index (χ4n) is 2.52. The van der Waals surface area contributed by atoms with E-state index >= 15 is 0 Å². The third-order valence-electron chi connectivity index (χ3n) is 3.91. The minimum absolute atomic E-state index is 0.301. The van der Waals surface area contributed by atoms with Gasteiger partial charge in [0, 0.05) is 5.02 Å². The van der Waals surface area contributed by atoms with Crippen molar-refractivity contribution >= 4 is 46.4 Å². The predicted octanol–water partition coefficient (Wildman–Crippen LogP) is 5.21. The highest BCUT2D eigenvalue weighted by molar-refractivity contribution is 6.41. The van der Waals surface area contributed by atoms with Crippen LogP contribution in [0.5, 0.6) is 0 Å². The zero-order chi connectivity index (χ0) is 18.8. The smallest absolute Gasteiger partial charge is 0.273 e. The van der Waals surface area contributed by atoms with E-state index in [0.717, 1.165) is 11.3 Å². The molecule has 8 heteroatoms. The van der Waals surface area contributed by atoms with E-state index in [-0.39, 0.29) is 5.91 Å². The van der Waals surface area contributed by atoms with Gasteiger partial charge in [0.05, 0.1) is 38.9 Å². The van der Waals surface area contributed by atoms with Crippen LogP contribution in [0.15, 0.2) is 42.6 Å². The van der Waals surface area contributed by atoms with E-state index in [1.807, 2.05) is 38.1 Å². The second-order valence-electron chi connectivity index (χ2n) is 5.67. The maximum Gasteiger partial charge on any atom is 0.273 e. The quantitative estimate of drug-likeness (QED) is 0.582. The highest BCUT2D eigenvalue weighted by Gasteiger charge is 2.17. The molecule has 0 atom stereocenters. The van der Waals surface area contributed by atoms with Crippen molar-refractivity contribution in [3.63, 3.8) is 0 Å². The second kappa shape index (κ2) is 7.58. The van der Waals surface area contributed by atoms with Crippen LogP contribution in [0.1, 0.15) is 21.6 Å². The van der Waals surface area contributed by atoms with E-state index in [2.05, 4.69) is 16.0 Å². The number of carbonyl (C=O) groups excluding carboxylic acids is 1. The molecule has 134 valence electrons. The van der Waals surface area contributed by atoms with Crippen LogP contribution in [-0.2, 0) is 0 Å². The molecule has 0 fully saturated rings. The molecule has 0 aliphatic rings. The Kier molecular flexibility index (Phi) is 5.41. The van der Waals surface area contributed by atoms with Crippen LogP contribution in [0, 0.1) is 13.8 Å². The fraction of sp³-hybridized carbons (Fsp3) is 0.111. The number of halogens is 3. The first-order valence-corrected chi connectivity index (χ1v) is 8.83. The molecule has 1 aromatic heterocycles. The number of aromatic nitrogens is 2. The summed E-state index contributed by atoms with van der Waals surface area (Å²) in [5, 5.41) is 5.34. The number of anilines is 1. The molecular weight excluding hydrogens is 395 g/mol. The summed E-state index contributed by atoms with van der Waals surface area (Å²) >= 11 is 18.1. The zero-order valence-corrected chi connectivity index (χ0v) is 16.2. The van der Waals surface area contributed by atoms with Crippen LogP contribution in [0.3, 0.4) is 0 Å². The lowest BCUT2D eigenvalue weighted by molar-refractivity contribution is 0.0962. The highest BCUT2D eigenvalue weighted by Crippen LogP contribution is 2.33. The molecule has 5 nitrogen and oxygen atoms in total. The molecule has 0 saturated heterocycles. The maximum absolute atomic E-state index is 12.5. The first-order valence-electron chi connectivity index (χ1n) is 7.70. The monoisotopic (exact) mass is 408 g/mol. The van der Waals surface area contributed by atoms with Crippen molar-refractivity contribution in [3.05, 3.63) is 74.5 Å². The summed E-state index contributed by atoms with van der Waals surface area (Å²) in [5.74, 6) is -0.357. The van der Waals surface area contributed by atoms with E-state index in [1.165, 1.54) is 18.3 Å². The van der Waals surface area contributed by atoms with Crippen molar-refractivity contribution < 1.29 is 4.79 Å². The van der Waals surface area contributed by atoms with Gasteiger partial charge in [-0.1, -0.05) is 53.0 Å². The topological polar surface area (TPSA) is 59.0 Å². The number of amides is 1. The average molecular weight is 410 g/mol. The van der Waals surface area contributed by atoms with Crippen molar-refractivity contribution in [2.24, 2.45) is 0 Å². The number of carbonyl (C=O) groups is 1. The number of hydrogen-bond acceptors (Lipinski definition) is 3. The van der Waals surface area contributed by atoms with Gasteiger partial charge in [0.25, 0.3) is 5.91 Å². The number of aryl methyl sites for hydroxylation is 1. The SMILES string of the molecule is Cc1ccccc1-n1ncc(C(=O)NNc2c(Cl)cc(Cl)cc2Cl)c1C. The number of hydrazine groups is 1. The predicted molar refractivity (Wildman–Crippen MR) is 106 cm³/mol. The fourth-order valence-corrected chi connectivity index (χ4v) is 3.44. The van der Waals surface area contributed by atoms with Gasteiger partial charge in [-0.25, -0.2) is 4.68 Å². The summed E-state index contributed by atoms with van der Waals surface area (Å²) in [4.78, 5) is 12.5. The Morgan fingerprint density at radius 1 is 1.08 bits per heavy atom. The third-order valence-corrected chi connectivity index (χ3v) is 4.72. The van der Waals surface area contributed by atoms with Crippen LogP contribution in [0.4, 0.5) is 5.69 Å². The molecule has 0 unspecified atom stereocenters. The molecule has 1 heterocycles. The minimum Gasteiger partial charge on any atom is -0.295 e. The highest BCUT2D eigenvalue weighted by atomic mass is 35.5. The number of benzene rings is 2. The summed E-state index contributed by atoms with van der Waals surface area (Å²) in [6.45, 7) is 3.82. The first kappa shape index (κ1) is 18.6. The maximum atomic E-state index is 12.5. The van der Waals surface area contributed by atoms with Gasteiger partial charge in [-0.15, -0.1) is 0 Å². The van der Waals surface area contributed by atoms with Gasteiger partial charge in [0.15, 0.2) is 0 Å². The van der Waals surface area contributed by atoms with Gasteiger partial charge in [0.2, 0.25) is 0 Å². The molecule has 0 saturated carbocycles. The van der Waals surface area contributed by atoms with Gasteiger partial charge in [-0.2, -0.15) is 5.10 Å². The van der Waals surface area contributed by atoms with Gasteiger partial charge >= 0.3 is 0 Å². The van der Waals surface area contributed by atoms with Crippen molar-refractivity contribution in [2.45, 2.75) is 13.8 Å². The Labute approximate surface area is 165 Å². The van der Waals surface area contributed by atoms with Crippen molar-refractivity contribution in [1.82, 2.24) is 15.2 Å². The first-order chi connectivity index (χ1) is 12.4.